The van der Waals surface area contributed by atoms with E-state index >= 15 is 0 Å². The van der Waals surface area contributed by atoms with Gasteiger partial charge in [-0.25, -0.2) is 5.43 Å². The number of amides is 1. The lowest BCUT2D eigenvalue weighted by Gasteiger charge is -2.07. The zero-order chi connectivity index (χ0) is 15.9. The van der Waals surface area contributed by atoms with E-state index in [1.54, 1.807) is 24.3 Å². The van der Waals surface area contributed by atoms with Crippen LogP contribution in [0.5, 0.6) is 11.5 Å². The molecule has 0 bridgehead atoms. The summed E-state index contributed by atoms with van der Waals surface area (Å²) in [6.07, 6.45) is 1.45. The van der Waals surface area contributed by atoms with Gasteiger partial charge in [-0.2, -0.15) is 5.10 Å². The van der Waals surface area contributed by atoms with E-state index in [0.717, 1.165) is 5.56 Å². The lowest BCUT2D eigenvalue weighted by Crippen LogP contribution is -2.24. The number of hydrogen-bond acceptors (Lipinski definition) is 4. The SMILES string of the molecule is Cc1ccc(OCC(=O)N/N=C/c2cccc(O)c2)cc1C. The van der Waals surface area contributed by atoms with Gasteiger partial charge in [-0.3, -0.25) is 4.79 Å². The van der Waals surface area contributed by atoms with Gasteiger partial charge < -0.3 is 9.84 Å². The number of aryl methyl sites for hydroxylation is 2. The third kappa shape index (κ3) is 4.63. The molecule has 0 atom stereocenters. The number of carbonyl (C=O) groups excluding carboxylic acids is 1. The number of rotatable bonds is 5. The first-order valence-electron chi connectivity index (χ1n) is 6.85. The maximum atomic E-state index is 11.6. The standard InChI is InChI=1S/C17H18N2O3/c1-12-6-7-16(8-13(12)2)22-11-17(21)19-18-10-14-4-3-5-15(20)9-14/h3-10,20H,11H2,1-2H3,(H,19,21)/b18-10+. The molecule has 0 aliphatic heterocycles. The summed E-state index contributed by atoms with van der Waals surface area (Å²) in [6, 6.07) is 12.2. The lowest BCUT2D eigenvalue weighted by molar-refractivity contribution is -0.123. The molecule has 2 N–H and O–H groups in total. The molecular formula is C17H18N2O3. The van der Waals surface area contributed by atoms with Gasteiger partial charge in [0.25, 0.3) is 5.91 Å². The number of hydrogen-bond donors (Lipinski definition) is 2. The van der Waals surface area contributed by atoms with Crippen molar-refractivity contribution < 1.29 is 14.6 Å². The summed E-state index contributed by atoms with van der Waals surface area (Å²) < 4.78 is 5.40. The average Bonchev–Trinajstić information content (AvgIpc) is 2.48. The predicted molar refractivity (Wildman–Crippen MR) is 85.3 cm³/mol. The number of ether oxygens (including phenoxy) is 1. The van der Waals surface area contributed by atoms with E-state index in [1.165, 1.54) is 11.8 Å². The molecule has 22 heavy (non-hydrogen) atoms. The van der Waals surface area contributed by atoms with Gasteiger partial charge in [0.2, 0.25) is 0 Å². The second-order valence-corrected chi connectivity index (χ2v) is 4.92. The third-order valence-electron chi connectivity index (χ3n) is 3.12. The number of phenolic OH excluding ortho intramolecular Hbond substituents is 1. The summed E-state index contributed by atoms with van der Waals surface area (Å²) in [5.74, 6) is 0.443. The molecule has 0 fully saturated rings. The summed E-state index contributed by atoms with van der Waals surface area (Å²) >= 11 is 0. The molecule has 2 aromatic carbocycles. The van der Waals surface area contributed by atoms with Crippen molar-refractivity contribution >= 4 is 12.1 Å². The van der Waals surface area contributed by atoms with Crippen LogP contribution in [0.2, 0.25) is 0 Å². The van der Waals surface area contributed by atoms with Gasteiger partial charge in [0, 0.05) is 0 Å². The Kier molecular flexibility index (Phi) is 5.14. The number of phenols is 1. The summed E-state index contributed by atoms with van der Waals surface area (Å²) in [5.41, 5.74) is 5.35. The van der Waals surface area contributed by atoms with Crippen molar-refractivity contribution in [3.8, 4) is 11.5 Å². The fourth-order valence-corrected chi connectivity index (χ4v) is 1.77. The highest BCUT2D eigenvalue weighted by atomic mass is 16.5. The minimum absolute atomic E-state index is 0.111. The topological polar surface area (TPSA) is 70.9 Å². The number of aromatic hydroxyl groups is 1. The van der Waals surface area contributed by atoms with Gasteiger partial charge in [-0.1, -0.05) is 18.2 Å². The average molecular weight is 298 g/mol. The second kappa shape index (κ2) is 7.26. The van der Waals surface area contributed by atoms with Crippen LogP contribution >= 0.6 is 0 Å². The van der Waals surface area contributed by atoms with Crippen molar-refractivity contribution in [2.75, 3.05) is 6.61 Å². The normalized spacial score (nSPS) is 10.6. The van der Waals surface area contributed by atoms with E-state index in [1.807, 2.05) is 32.0 Å². The lowest BCUT2D eigenvalue weighted by atomic mass is 10.1. The Hall–Kier alpha value is -2.82. The zero-order valence-corrected chi connectivity index (χ0v) is 12.5. The van der Waals surface area contributed by atoms with Crippen molar-refractivity contribution in [1.29, 1.82) is 0 Å². The first kappa shape index (κ1) is 15.6. The van der Waals surface area contributed by atoms with Crippen LogP contribution in [-0.4, -0.2) is 23.8 Å². The minimum Gasteiger partial charge on any atom is -0.508 e. The third-order valence-corrected chi connectivity index (χ3v) is 3.12. The monoisotopic (exact) mass is 298 g/mol. The summed E-state index contributed by atoms with van der Waals surface area (Å²) in [7, 11) is 0. The Morgan fingerprint density at radius 1 is 1.23 bits per heavy atom. The van der Waals surface area contributed by atoms with E-state index in [9.17, 15) is 9.90 Å². The first-order chi connectivity index (χ1) is 10.5. The fourth-order valence-electron chi connectivity index (χ4n) is 1.77. The van der Waals surface area contributed by atoms with Gasteiger partial charge in [-0.05, 0) is 54.8 Å². The molecule has 0 aromatic heterocycles. The van der Waals surface area contributed by atoms with Crippen LogP contribution < -0.4 is 10.2 Å². The van der Waals surface area contributed by atoms with Crippen molar-refractivity contribution in [2.45, 2.75) is 13.8 Å². The molecule has 114 valence electrons. The summed E-state index contributed by atoms with van der Waals surface area (Å²) in [4.78, 5) is 11.6. The van der Waals surface area contributed by atoms with Crippen LogP contribution in [0.25, 0.3) is 0 Å². The van der Waals surface area contributed by atoms with E-state index in [-0.39, 0.29) is 18.3 Å². The molecule has 0 radical (unpaired) electrons. The van der Waals surface area contributed by atoms with Crippen LogP contribution in [-0.2, 0) is 4.79 Å². The van der Waals surface area contributed by atoms with Crippen LogP contribution in [0, 0.1) is 13.8 Å². The molecule has 0 aliphatic carbocycles. The molecule has 0 heterocycles. The number of carbonyl (C=O) groups is 1. The molecule has 0 aliphatic rings. The molecule has 0 unspecified atom stereocenters. The van der Waals surface area contributed by atoms with Gasteiger partial charge in [-0.15, -0.1) is 0 Å². The van der Waals surface area contributed by atoms with E-state index < -0.39 is 0 Å². The maximum absolute atomic E-state index is 11.6. The molecule has 1 amide bonds. The molecule has 0 saturated heterocycles. The van der Waals surface area contributed by atoms with Crippen LogP contribution in [0.3, 0.4) is 0 Å². The molecule has 5 heteroatoms. The minimum atomic E-state index is -0.352. The Labute approximate surface area is 129 Å². The van der Waals surface area contributed by atoms with Crippen molar-refractivity contribution in [2.24, 2.45) is 5.10 Å². The number of hydrazone groups is 1. The summed E-state index contributed by atoms with van der Waals surface area (Å²) in [6.45, 7) is 3.89. The molecule has 5 nitrogen and oxygen atoms in total. The molecule has 0 spiro atoms. The fraction of sp³-hybridized carbons (Fsp3) is 0.176. The highest BCUT2D eigenvalue weighted by Gasteiger charge is 2.02. The second-order valence-electron chi connectivity index (χ2n) is 4.92. The largest absolute Gasteiger partial charge is 0.508 e. The zero-order valence-electron chi connectivity index (χ0n) is 12.5. The molecular weight excluding hydrogens is 280 g/mol. The predicted octanol–water partition coefficient (Wildman–Crippen LogP) is 2.54. The smallest absolute Gasteiger partial charge is 0.277 e. The van der Waals surface area contributed by atoms with Crippen molar-refractivity contribution in [3.05, 3.63) is 59.2 Å². The Morgan fingerprint density at radius 3 is 2.77 bits per heavy atom. The summed E-state index contributed by atoms with van der Waals surface area (Å²) in [5, 5.41) is 13.1. The maximum Gasteiger partial charge on any atom is 0.277 e. The van der Waals surface area contributed by atoms with E-state index in [2.05, 4.69) is 10.5 Å². The van der Waals surface area contributed by atoms with Gasteiger partial charge in [0.1, 0.15) is 11.5 Å². The first-order valence-corrected chi connectivity index (χ1v) is 6.85. The molecule has 2 rings (SSSR count). The van der Waals surface area contributed by atoms with Crippen LogP contribution in [0.1, 0.15) is 16.7 Å². The van der Waals surface area contributed by atoms with Crippen molar-refractivity contribution in [3.63, 3.8) is 0 Å². The quantitative estimate of drug-likeness (QED) is 0.658. The van der Waals surface area contributed by atoms with Gasteiger partial charge in [0.05, 0.1) is 6.21 Å². The number of benzene rings is 2. The van der Waals surface area contributed by atoms with Gasteiger partial charge >= 0.3 is 0 Å². The van der Waals surface area contributed by atoms with E-state index in [0.29, 0.717) is 11.3 Å². The van der Waals surface area contributed by atoms with Crippen molar-refractivity contribution in [1.82, 2.24) is 5.43 Å². The number of nitrogens with zero attached hydrogens (tertiary/aromatic N) is 1. The highest BCUT2D eigenvalue weighted by Crippen LogP contribution is 2.16. The van der Waals surface area contributed by atoms with Crippen LogP contribution in [0.4, 0.5) is 0 Å². The van der Waals surface area contributed by atoms with Gasteiger partial charge in [0.15, 0.2) is 6.61 Å². The number of nitrogens with one attached hydrogen (secondary N) is 1. The highest BCUT2D eigenvalue weighted by molar-refractivity contribution is 5.83. The molecule has 0 saturated carbocycles. The Bertz CT molecular complexity index is 696. The van der Waals surface area contributed by atoms with E-state index in [4.69, 9.17) is 4.74 Å². The van der Waals surface area contributed by atoms with Crippen LogP contribution in [0.15, 0.2) is 47.6 Å². The molecule has 2 aromatic rings. The Morgan fingerprint density at radius 2 is 2.05 bits per heavy atom. The Balaban J connectivity index is 1.81.